The number of morpholine rings is 1. The zero-order valence-electron chi connectivity index (χ0n) is 14.8. The fraction of sp³-hybridized carbons (Fsp3) is 0.400. The number of carbonyl (C=O) groups excluding carboxylic acids is 1. The van der Waals surface area contributed by atoms with Gasteiger partial charge < -0.3 is 10.1 Å². The van der Waals surface area contributed by atoms with E-state index in [0.29, 0.717) is 12.2 Å². The molecule has 3 rings (SSSR count). The Kier molecular flexibility index (Phi) is 5.79. The van der Waals surface area contributed by atoms with Crippen LogP contribution in [0, 0.1) is 0 Å². The van der Waals surface area contributed by atoms with E-state index in [2.05, 4.69) is 53.3 Å². The Hall–Kier alpha value is -2.24. The van der Waals surface area contributed by atoms with Crippen LogP contribution in [0.2, 0.25) is 0 Å². The van der Waals surface area contributed by atoms with Gasteiger partial charge in [-0.25, -0.2) is 0 Å². The molecule has 1 amide bonds. The van der Waals surface area contributed by atoms with Crippen LogP contribution in [0.4, 0.5) is 0 Å². The Morgan fingerprint density at radius 2 is 1.80 bits per heavy atom. The van der Waals surface area contributed by atoms with Crippen LogP contribution in [0.15, 0.2) is 48.7 Å². The molecule has 132 valence electrons. The van der Waals surface area contributed by atoms with E-state index < -0.39 is 0 Å². The Bertz CT molecular complexity index is 678. The lowest BCUT2D eigenvalue weighted by atomic mass is 10.1. The second kappa shape index (κ2) is 8.23. The molecule has 1 aromatic heterocycles. The van der Waals surface area contributed by atoms with E-state index in [1.165, 1.54) is 5.56 Å². The number of ether oxygens (including phenoxy) is 1. The SMILES string of the molecule is C[C@@H]1CN(Cc2ccc(CNC(=O)c3ccccn3)cc2)C[C@@H](C)O1. The highest BCUT2D eigenvalue weighted by Crippen LogP contribution is 2.14. The third-order valence-electron chi connectivity index (χ3n) is 4.27. The maximum Gasteiger partial charge on any atom is 0.270 e. The van der Waals surface area contributed by atoms with Gasteiger partial charge in [-0.3, -0.25) is 14.7 Å². The van der Waals surface area contributed by atoms with Crippen molar-refractivity contribution in [2.45, 2.75) is 39.1 Å². The van der Waals surface area contributed by atoms with Crippen LogP contribution in [0.1, 0.15) is 35.5 Å². The van der Waals surface area contributed by atoms with Crippen LogP contribution >= 0.6 is 0 Å². The summed E-state index contributed by atoms with van der Waals surface area (Å²) in [6, 6.07) is 13.7. The zero-order valence-corrected chi connectivity index (χ0v) is 14.8. The monoisotopic (exact) mass is 339 g/mol. The molecule has 0 bridgehead atoms. The molecular weight excluding hydrogens is 314 g/mol. The van der Waals surface area contributed by atoms with Crippen molar-refractivity contribution >= 4 is 5.91 Å². The molecule has 1 N–H and O–H groups in total. The lowest BCUT2D eigenvalue weighted by molar-refractivity contribution is -0.0704. The first kappa shape index (κ1) is 17.6. The number of carbonyl (C=O) groups is 1. The van der Waals surface area contributed by atoms with Crippen LogP contribution in [0.3, 0.4) is 0 Å². The van der Waals surface area contributed by atoms with Crippen molar-refractivity contribution in [3.63, 3.8) is 0 Å². The lowest BCUT2D eigenvalue weighted by Crippen LogP contribution is -2.44. The summed E-state index contributed by atoms with van der Waals surface area (Å²) < 4.78 is 5.78. The fourth-order valence-corrected chi connectivity index (χ4v) is 3.20. The second-order valence-electron chi connectivity index (χ2n) is 6.67. The van der Waals surface area contributed by atoms with E-state index in [1.807, 2.05) is 6.07 Å². The van der Waals surface area contributed by atoms with Gasteiger partial charge in [-0.2, -0.15) is 0 Å². The molecule has 0 radical (unpaired) electrons. The molecule has 1 aromatic carbocycles. The predicted molar refractivity (Wildman–Crippen MR) is 97.1 cm³/mol. The molecule has 5 nitrogen and oxygen atoms in total. The van der Waals surface area contributed by atoms with Crippen LogP contribution in [0.25, 0.3) is 0 Å². The maximum absolute atomic E-state index is 12.0. The van der Waals surface area contributed by atoms with Crippen LogP contribution < -0.4 is 5.32 Å². The highest BCUT2D eigenvalue weighted by molar-refractivity contribution is 5.92. The average molecular weight is 339 g/mol. The molecule has 1 saturated heterocycles. The molecule has 2 heterocycles. The third-order valence-corrected chi connectivity index (χ3v) is 4.27. The third kappa shape index (κ3) is 5.11. The van der Waals surface area contributed by atoms with Crippen molar-refractivity contribution in [1.82, 2.24) is 15.2 Å². The van der Waals surface area contributed by atoms with Crippen LogP contribution in [-0.4, -0.2) is 41.1 Å². The molecule has 1 fully saturated rings. The second-order valence-corrected chi connectivity index (χ2v) is 6.67. The first-order chi connectivity index (χ1) is 12.1. The summed E-state index contributed by atoms with van der Waals surface area (Å²) in [6.07, 6.45) is 2.19. The maximum atomic E-state index is 12.0. The molecule has 5 heteroatoms. The number of nitrogens with zero attached hydrogens (tertiary/aromatic N) is 2. The Morgan fingerprint density at radius 3 is 2.44 bits per heavy atom. The molecule has 0 aliphatic carbocycles. The first-order valence-corrected chi connectivity index (χ1v) is 8.75. The van der Waals surface area contributed by atoms with Crippen molar-refractivity contribution in [2.75, 3.05) is 13.1 Å². The molecule has 2 aromatic rings. The Balaban J connectivity index is 1.51. The van der Waals surface area contributed by atoms with Gasteiger partial charge in [0.05, 0.1) is 12.2 Å². The van der Waals surface area contributed by atoms with Gasteiger partial charge in [0.15, 0.2) is 0 Å². The molecule has 0 saturated carbocycles. The van der Waals surface area contributed by atoms with Crippen molar-refractivity contribution in [2.24, 2.45) is 0 Å². The molecule has 0 spiro atoms. The lowest BCUT2D eigenvalue weighted by Gasteiger charge is -2.35. The zero-order chi connectivity index (χ0) is 17.6. The minimum absolute atomic E-state index is 0.152. The molecule has 25 heavy (non-hydrogen) atoms. The van der Waals surface area contributed by atoms with E-state index >= 15 is 0 Å². The van der Waals surface area contributed by atoms with Gasteiger partial charge in [-0.1, -0.05) is 30.3 Å². The number of amides is 1. The normalized spacial score (nSPS) is 21.0. The summed E-state index contributed by atoms with van der Waals surface area (Å²) >= 11 is 0. The summed E-state index contributed by atoms with van der Waals surface area (Å²) in [7, 11) is 0. The smallest absolute Gasteiger partial charge is 0.270 e. The molecule has 2 atom stereocenters. The fourth-order valence-electron chi connectivity index (χ4n) is 3.20. The molecular formula is C20H25N3O2. The summed E-state index contributed by atoms with van der Waals surface area (Å²) in [5.74, 6) is -0.152. The number of nitrogens with one attached hydrogen (secondary N) is 1. The number of hydrogen-bond donors (Lipinski definition) is 1. The Morgan fingerprint density at radius 1 is 1.12 bits per heavy atom. The van der Waals surface area contributed by atoms with Crippen molar-refractivity contribution in [1.29, 1.82) is 0 Å². The van der Waals surface area contributed by atoms with Gasteiger partial charge in [0.1, 0.15) is 5.69 Å². The largest absolute Gasteiger partial charge is 0.373 e. The minimum Gasteiger partial charge on any atom is -0.373 e. The summed E-state index contributed by atoms with van der Waals surface area (Å²) in [4.78, 5) is 18.5. The highest BCUT2D eigenvalue weighted by atomic mass is 16.5. The number of aromatic nitrogens is 1. The van der Waals surface area contributed by atoms with Crippen molar-refractivity contribution in [3.8, 4) is 0 Å². The standard InChI is InChI=1S/C20H25N3O2/c1-15-12-23(13-16(2)25-15)14-18-8-6-17(7-9-18)11-22-20(24)19-5-3-4-10-21-19/h3-10,15-16H,11-14H2,1-2H3,(H,22,24)/t15-,16-/m1/s1. The number of pyridine rings is 1. The van der Waals surface area contributed by atoms with E-state index in [1.54, 1.807) is 18.3 Å². The number of hydrogen-bond acceptors (Lipinski definition) is 4. The van der Waals surface area contributed by atoms with Gasteiger partial charge in [-0.05, 0) is 37.1 Å². The number of benzene rings is 1. The average Bonchev–Trinajstić information content (AvgIpc) is 2.61. The summed E-state index contributed by atoms with van der Waals surface area (Å²) in [5.41, 5.74) is 2.80. The van der Waals surface area contributed by atoms with Gasteiger partial charge >= 0.3 is 0 Å². The van der Waals surface area contributed by atoms with E-state index in [4.69, 9.17) is 4.74 Å². The van der Waals surface area contributed by atoms with Gasteiger partial charge in [-0.15, -0.1) is 0 Å². The van der Waals surface area contributed by atoms with E-state index in [0.717, 1.165) is 25.2 Å². The molecule has 0 unspecified atom stereocenters. The van der Waals surface area contributed by atoms with Crippen molar-refractivity contribution in [3.05, 3.63) is 65.5 Å². The summed E-state index contributed by atoms with van der Waals surface area (Å²) in [6.45, 7) is 7.60. The minimum atomic E-state index is -0.152. The first-order valence-electron chi connectivity index (χ1n) is 8.75. The topological polar surface area (TPSA) is 54.5 Å². The summed E-state index contributed by atoms with van der Waals surface area (Å²) in [5, 5.41) is 2.90. The van der Waals surface area contributed by atoms with Crippen molar-refractivity contribution < 1.29 is 9.53 Å². The van der Waals surface area contributed by atoms with Crippen LogP contribution in [0.5, 0.6) is 0 Å². The highest BCUT2D eigenvalue weighted by Gasteiger charge is 2.21. The molecule has 1 aliphatic rings. The molecule has 1 aliphatic heterocycles. The van der Waals surface area contributed by atoms with Gasteiger partial charge in [0.2, 0.25) is 0 Å². The van der Waals surface area contributed by atoms with Crippen LogP contribution in [-0.2, 0) is 17.8 Å². The van der Waals surface area contributed by atoms with E-state index in [9.17, 15) is 4.79 Å². The predicted octanol–water partition coefficient (Wildman–Crippen LogP) is 2.62. The van der Waals surface area contributed by atoms with Gasteiger partial charge in [0, 0.05) is 32.4 Å². The quantitative estimate of drug-likeness (QED) is 0.910. The van der Waals surface area contributed by atoms with Gasteiger partial charge in [0.25, 0.3) is 5.91 Å². The van der Waals surface area contributed by atoms with E-state index in [-0.39, 0.29) is 18.1 Å². The number of rotatable bonds is 5. The Labute approximate surface area is 149 Å².